The number of aromatic nitrogens is 1. The van der Waals surface area contributed by atoms with Gasteiger partial charge >= 0.3 is 0 Å². The molecule has 106 valence electrons. The molecule has 0 spiro atoms. The van der Waals surface area contributed by atoms with E-state index in [1.165, 1.54) is 43.5 Å². The van der Waals surface area contributed by atoms with Crippen LogP contribution in [0, 0.1) is 6.92 Å². The van der Waals surface area contributed by atoms with Crippen molar-refractivity contribution in [3.05, 3.63) is 23.5 Å². The molecule has 2 heterocycles. The van der Waals surface area contributed by atoms with Gasteiger partial charge < -0.3 is 10.2 Å². The Kier molecular flexibility index (Phi) is 5.20. The number of aryl methyl sites for hydroxylation is 1. The van der Waals surface area contributed by atoms with Gasteiger partial charge in [0.05, 0.1) is 0 Å². The minimum Gasteiger partial charge on any atom is -0.368 e. The third-order valence-corrected chi connectivity index (χ3v) is 4.00. The van der Waals surface area contributed by atoms with E-state index in [2.05, 4.69) is 48.2 Å². The van der Waals surface area contributed by atoms with Gasteiger partial charge in [-0.3, -0.25) is 4.98 Å². The molecule has 1 aliphatic heterocycles. The number of hydrogen-bond donors (Lipinski definition) is 1. The predicted molar refractivity (Wildman–Crippen MR) is 81.6 cm³/mol. The molecule has 2 rings (SSSR count). The Labute approximate surface area is 117 Å². The minimum atomic E-state index is 0.715. The fraction of sp³-hybridized carbons (Fsp3) is 0.688. The van der Waals surface area contributed by atoms with Gasteiger partial charge in [0.15, 0.2) is 0 Å². The van der Waals surface area contributed by atoms with Crippen molar-refractivity contribution in [2.75, 3.05) is 18.0 Å². The summed E-state index contributed by atoms with van der Waals surface area (Å²) in [5.74, 6) is 0. The molecule has 0 aromatic carbocycles. The van der Waals surface area contributed by atoms with Crippen molar-refractivity contribution >= 4 is 5.69 Å². The molecule has 0 bridgehead atoms. The maximum atomic E-state index is 4.47. The van der Waals surface area contributed by atoms with E-state index >= 15 is 0 Å². The highest BCUT2D eigenvalue weighted by atomic mass is 15.2. The highest BCUT2D eigenvalue weighted by Gasteiger charge is 2.24. The zero-order chi connectivity index (χ0) is 13.7. The van der Waals surface area contributed by atoms with Crippen LogP contribution in [0.1, 0.15) is 50.8 Å². The van der Waals surface area contributed by atoms with Crippen molar-refractivity contribution in [3.63, 3.8) is 0 Å². The Morgan fingerprint density at radius 3 is 3.00 bits per heavy atom. The third-order valence-electron chi connectivity index (χ3n) is 4.00. The molecule has 1 saturated heterocycles. The second kappa shape index (κ2) is 6.90. The van der Waals surface area contributed by atoms with Gasteiger partial charge in [-0.15, -0.1) is 0 Å². The van der Waals surface area contributed by atoms with E-state index in [0.717, 1.165) is 18.8 Å². The van der Waals surface area contributed by atoms with E-state index in [-0.39, 0.29) is 0 Å². The summed E-state index contributed by atoms with van der Waals surface area (Å²) >= 11 is 0. The maximum absolute atomic E-state index is 4.47. The lowest BCUT2D eigenvalue weighted by Gasteiger charge is -2.28. The van der Waals surface area contributed by atoms with E-state index in [1.807, 2.05) is 0 Å². The minimum absolute atomic E-state index is 0.715. The Morgan fingerprint density at radius 2 is 2.26 bits per heavy atom. The lowest BCUT2D eigenvalue weighted by molar-refractivity contribution is 0.635. The highest BCUT2D eigenvalue weighted by molar-refractivity contribution is 5.55. The first-order chi connectivity index (χ1) is 9.26. The van der Waals surface area contributed by atoms with Crippen molar-refractivity contribution < 1.29 is 0 Å². The monoisotopic (exact) mass is 261 g/mol. The Morgan fingerprint density at radius 1 is 1.42 bits per heavy atom. The average molecular weight is 261 g/mol. The standard InChI is InChI=1S/C16H27N3/c1-4-8-17-11-14-12-18-13(3)10-16(14)19-9-6-7-15(19)5-2/h10,12,15,17H,4-9,11H2,1-3H3. The van der Waals surface area contributed by atoms with Gasteiger partial charge in [0, 0.05) is 42.3 Å². The molecule has 1 atom stereocenters. The molecular formula is C16H27N3. The van der Waals surface area contributed by atoms with Gasteiger partial charge in [-0.1, -0.05) is 13.8 Å². The van der Waals surface area contributed by atoms with Gasteiger partial charge in [-0.25, -0.2) is 0 Å². The number of nitrogens with one attached hydrogen (secondary N) is 1. The second-order valence-electron chi connectivity index (χ2n) is 5.53. The SMILES string of the molecule is CCCNCc1cnc(C)cc1N1CCCC1CC. The van der Waals surface area contributed by atoms with Crippen LogP contribution in [0.2, 0.25) is 0 Å². The van der Waals surface area contributed by atoms with Crippen LogP contribution < -0.4 is 10.2 Å². The normalized spacial score (nSPS) is 19.1. The van der Waals surface area contributed by atoms with Crippen LogP contribution in [-0.2, 0) is 6.54 Å². The van der Waals surface area contributed by atoms with E-state index in [1.54, 1.807) is 0 Å². The molecule has 0 aliphatic carbocycles. The zero-order valence-corrected chi connectivity index (χ0v) is 12.6. The summed E-state index contributed by atoms with van der Waals surface area (Å²) in [7, 11) is 0. The van der Waals surface area contributed by atoms with Crippen molar-refractivity contribution in [3.8, 4) is 0 Å². The lowest BCUT2D eigenvalue weighted by Crippen LogP contribution is -2.30. The van der Waals surface area contributed by atoms with Crippen LogP contribution in [0.15, 0.2) is 12.3 Å². The summed E-state index contributed by atoms with van der Waals surface area (Å²) in [4.78, 5) is 7.07. The highest BCUT2D eigenvalue weighted by Crippen LogP contribution is 2.30. The van der Waals surface area contributed by atoms with Gasteiger partial charge in [0.1, 0.15) is 0 Å². The average Bonchev–Trinajstić information content (AvgIpc) is 2.88. The van der Waals surface area contributed by atoms with Gasteiger partial charge in [0.25, 0.3) is 0 Å². The molecule has 1 aliphatic rings. The van der Waals surface area contributed by atoms with E-state index in [4.69, 9.17) is 0 Å². The number of hydrogen-bond acceptors (Lipinski definition) is 3. The molecule has 3 nitrogen and oxygen atoms in total. The van der Waals surface area contributed by atoms with Crippen LogP contribution in [0.25, 0.3) is 0 Å². The molecule has 0 radical (unpaired) electrons. The molecule has 1 unspecified atom stereocenters. The number of rotatable bonds is 6. The van der Waals surface area contributed by atoms with Crippen molar-refractivity contribution in [1.29, 1.82) is 0 Å². The number of nitrogens with zero attached hydrogens (tertiary/aromatic N) is 2. The molecule has 1 aromatic rings. The summed E-state index contributed by atoms with van der Waals surface area (Å²) in [6.07, 6.45) is 7.12. The fourth-order valence-electron chi connectivity index (χ4n) is 2.95. The Balaban J connectivity index is 2.18. The summed E-state index contributed by atoms with van der Waals surface area (Å²) in [5.41, 5.74) is 3.87. The maximum Gasteiger partial charge on any atom is 0.0448 e. The van der Waals surface area contributed by atoms with Crippen molar-refractivity contribution in [2.24, 2.45) is 0 Å². The fourth-order valence-corrected chi connectivity index (χ4v) is 2.95. The van der Waals surface area contributed by atoms with Crippen LogP contribution in [0.3, 0.4) is 0 Å². The molecule has 0 amide bonds. The largest absolute Gasteiger partial charge is 0.368 e. The number of pyridine rings is 1. The van der Waals surface area contributed by atoms with Crippen LogP contribution >= 0.6 is 0 Å². The summed E-state index contributed by atoms with van der Waals surface area (Å²) in [6.45, 7) is 9.79. The Hall–Kier alpha value is -1.09. The molecular weight excluding hydrogens is 234 g/mol. The van der Waals surface area contributed by atoms with Crippen LogP contribution in [0.4, 0.5) is 5.69 Å². The van der Waals surface area contributed by atoms with E-state index in [9.17, 15) is 0 Å². The van der Waals surface area contributed by atoms with Crippen molar-refractivity contribution in [1.82, 2.24) is 10.3 Å². The first-order valence-electron chi connectivity index (χ1n) is 7.69. The molecule has 19 heavy (non-hydrogen) atoms. The summed E-state index contributed by atoms with van der Waals surface area (Å²) in [6, 6.07) is 2.98. The first kappa shape index (κ1) is 14.3. The first-order valence-corrected chi connectivity index (χ1v) is 7.69. The Bertz CT molecular complexity index is 403. The summed E-state index contributed by atoms with van der Waals surface area (Å²) < 4.78 is 0. The van der Waals surface area contributed by atoms with Gasteiger partial charge in [-0.2, -0.15) is 0 Å². The van der Waals surface area contributed by atoms with E-state index in [0.29, 0.717) is 6.04 Å². The smallest absolute Gasteiger partial charge is 0.0448 e. The molecule has 1 aromatic heterocycles. The topological polar surface area (TPSA) is 28.2 Å². The summed E-state index contributed by atoms with van der Waals surface area (Å²) in [5, 5.41) is 3.50. The lowest BCUT2D eigenvalue weighted by atomic mass is 10.1. The van der Waals surface area contributed by atoms with Crippen molar-refractivity contribution in [2.45, 2.75) is 59.0 Å². The number of anilines is 1. The van der Waals surface area contributed by atoms with Gasteiger partial charge in [-0.05, 0) is 45.2 Å². The van der Waals surface area contributed by atoms with Crippen LogP contribution in [0.5, 0.6) is 0 Å². The zero-order valence-electron chi connectivity index (χ0n) is 12.6. The quantitative estimate of drug-likeness (QED) is 0.797. The van der Waals surface area contributed by atoms with Gasteiger partial charge in [0.2, 0.25) is 0 Å². The molecule has 3 heteroatoms. The molecule has 1 N–H and O–H groups in total. The van der Waals surface area contributed by atoms with E-state index < -0.39 is 0 Å². The van der Waals surface area contributed by atoms with Crippen LogP contribution in [-0.4, -0.2) is 24.1 Å². The molecule has 0 saturated carbocycles. The second-order valence-corrected chi connectivity index (χ2v) is 5.53. The molecule has 1 fully saturated rings. The predicted octanol–water partition coefficient (Wildman–Crippen LogP) is 3.27. The third kappa shape index (κ3) is 3.47.